The van der Waals surface area contributed by atoms with Gasteiger partial charge in [-0.15, -0.1) is 0 Å². The number of hydrogen-bond acceptors (Lipinski definition) is 2. The van der Waals surface area contributed by atoms with Crippen LogP contribution in [-0.4, -0.2) is 10.9 Å². The fourth-order valence-electron chi connectivity index (χ4n) is 3.09. The van der Waals surface area contributed by atoms with E-state index in [4.69, 9.17) is 0 Å². The van der Waals surface area contributed by atoms with Gasteiger partial charge in [0.2, 0.25) is 5.91 Å². The van der Waals surface area contributed by atoms with Gasteiger partial charge in [-0.2, -0.15) is 0 Å². The van der Waals surface area contributed by atoms with E-state index in [1.807, 2.05) is 19.1 Å². The topological polar surface area (TPSA) is 42.0 Å². The van der Waals surface area contributed by atoms with E-state index >= 15 is 0 Å². The molecule has 0 spiro atoms. The van der Waals surface area contributed by atoms with Crippen LogP contribution in [0.3, 0.4) is 0 Å². The highest BCUT2D eigenvalue weighted by atomic mass is 16.1. The van der Waals surface area contributed by atoms with Crippen LogP contribution in [-0.2, 0) is 24.1 Å². The van der Waals surface area contributed by atoms with Crippen molar-refractivity contribution in [3.8, 4) is 0 Å². The molecule has 0 radical (unpaired) electrons. The third kappa shape index (κ3) is 3.53. The lowest BCUT2D eigenvalue weighted by Crippen LogP contribution is -2.28. The standard InChI is InChI=1S/C19H22N2O/c1-14(21-19(22)11-15-5-4-10-20-13-15)17-9-8-16-6-2-3-7-18(16)12-17/h4-5,8-10,12-14H,2-3,6-7,11H2,1H3,(H,21,22). The molecular weight excluding hydrogens is 272 g/mol. The molecule has 1 heterocycles. The molecule has 0 bridgehead atoms. The average Bonchev–Trinajstić information content (AvgIpc) is 2.55. The Morgan fingerprint density at radius 3 is 2.82 bits per heavy atom. The van der Waals surface area contributed by atoms with E-state index in [0.29, 0.717) is 6.42 Å². The van der Waals surface area contributed by atoms with E-state index in [9.17, 15) is 4.79 Å². The van der Waals surface area contributed by atoms with Crippen LogP contribution in [0.2, 0.25) is 0 Å². The Labute approximate surface area is 131 Å². The second-order valence-electron chi connectivity index (χ2n) is 6.06. The van der Waals surface area contributed by atoms with Gasteiger partial charge in [-0.25, -0.2) is 0 Å². The van der Waals surface area contributed by atoms with Crippen LogP contribution in [0.1, 0.15) is 48.1 Å². The van der Waals surface area contributed by atoms with Gasteiger partial charge in [-0.3, -0.25) is 9.78 Å². The first-order valence-electron chi connectivity index (χ1n) is 8.02. The molecule has 0 saturated heterocycles. The zero-order valence-electron chi connectivity index (χ0n) is 13.0. The van der Waals surface area contributed by atoms with E-state index in [2.05, 4.69) is 28.5 Å². The average molecular weight is 294 g/mol. The normalized spacial score (nSPS) is 15.0. The molecule has 1 aromatic carbocycles. The highest BCUT2D eigenvalue weighted by Crippen LogP contribution is 2.24. The molecule has 0 aliphatic heterocycles. The lowest BCUT2D eigenvalue weighted by atomic mass is 9.89. The van der Waals surface area contributed by atoms with Gasteiger partial charge in [0.25, 0.3) is 0 Å². The molecule has 0 saturated carbocycles. The summed E-state index contributed by atoms with van der Waals surface area (Å²) in [5.41, 5.74) is 5.07. The number of carbonyl (C=O) groups is 1. The first-order valence-corrected chi connectivity index (χ1v) is 8.02. The molecular formula is C19H22N2O. The zero-order chi connectivity index (χ0) is 15.4. The van der Waals surface area contributed by atoms with Gasteiger partial charge < -0.3 is 5.32 Å². The molecule has 2 aromatic rings. The van der Waals surface area contributed by atoms with Crippen molar-refractivity contribution in [2.75, 3.05) is 0 Å². The van der Waals surface area contributed by atoms with Crippen LogP contribution in [0.5, 0.6) is 0 Å². The number of rotatable bonds is 4. The quantitative estimate of drug-likeness (QED) is 0.939. The number of carbonyl (C=O) groups excluding carboxylic acids is 1. The highest BCUT2D eigenvalue weighted by Gasteiger charge is 2.14. The third-order valence-electron chi connectivity index (χ3n) is 4.34. The van der Waals surface area contributed by atoms with Gasteiger partial charge in [0.05, 0.1) is 12.5 Å². The van der Waals surface area contributed by atoms with Gasteiger partial charge in [0.1, 0.15) is 0 Å². The van der Waals surface area contributed by atoms with Crippen LogP contribution < -0.4 is 5.32 Å². The van der Waals surface area contributed by atoms with Crippen LogP contribution in [0.25, 0.3) is 0 Å². The van der Waals surface area contributed by atoms with Crippen LogP contribution in [0, 0.1) is 0 Å². The summed E-state index contributed by atoms with van der Waals surface area (Å²) in [6.45, 7) is 2.05. The largest absolute Gasteiger partial charge is 0.349 e. The van der Waals surface area contributed by atoms with Crippen molar-refractivity contribution in [3.63, 3.8) is 0 Å². The molecule has 1 aliphatic carbocycles. The summed E-state index contributed by atoms with van der Waals surface area (Å²) >= 11 is 0. The summed E-state index contributed by atoms with van der Waals surface area (Å²) in [4.78, 5) is 16.2. The number of amides is 1. The SMILES string of the molecule is CC(NC(=O)Cc1cccnc1)c1ccc2c(c1)CCCC2. The predicted octanol–water partition coefficient (Wildman–Crippen LogP) is 3.38. The lowest BCUT2D eigenvalue weighted by molar-refractivity contribution is -0.121. The minimum Gasteiger partial charge on any atom is -0.349 e. The zero-order valence-corrected chi connectivity index (χ0v) is 13.0. The number of pyridine rings is 1. The van der Waals surface area contributed by atoms with Crippen molar-refractivity contribution in [3.05, 3.63) is 65.0 Å². The molecule has 3 rings (SSSR count). The Balaban J connectivity index is 1.64. The summed E-state index contributed by atoms with van der Waals surface area (Å²) in [5, 5.41) is 3.08. The molecule has 3 nitrogen and oxygen atoms in total. The first kappa shape index (κ1) is 14.8. The van der Waals surface area contributed by atoms with Gasteiger partial charge >= 0.3 is 0 Å². The van der Waals surface area contributed by atoms with Gasteiger partial charge in [0.15, 0.2) is 0 Å². The molecule has 1 unspecified atom stereocenters. The van der Waals surface area contributed by atoms with Crippen LogP contribution in [0.4, 0.5) is 0 Å². The molecule has 1 amide bonds. The monoisotopic (exact) mass is 294 g/mol. The molecule has 3 heteroatoms. The highest BCUT2D eigenvalue weighted by molar-refractivity contribution is 5.78. The van der Waals surface area contributed by atoms with E-state index in [1.54, 1.807) is 12.4 Å². The second-order valence-corrected chi connectivity index (χ2v) is 6.06. The number of aromatic nitrogens is 1. The van der Waals surface area contributed by atoms with Crippen LogP contribution >= 0.6 is 0 Å². The maximum absolute atomic E-state index is 12.1. The molecule has 1 atom stereocenters. The van der Waals surface area contributed by atoms with Crippen molar-refractivity contribution < 1.29 is 4.79 Å². The number of benzene rings is 1. The summed E-state index contributed by atoms with van der Waals surface area (Å²) in [5.74, 6) is 0.0400. The Morgan fingerprint density at radius 2 is 2.05 bits per heavy atom. The summed E-state index contributed by atoms with van der Waals surface area (Å²) in [6, 6.07) is 10.5. The summed E-state index contributed by atoms with van der Waals surface area (Å²) in [7, 11) is 0. The van der Waals surface area contributed by atoms with E-state index in [1.165, 1.54) is 42.4 Å². The Bertz CT molecular complexity index is 652. The number of nitrogens with zero attached hydrogens (tertiary/aromatic N) is 1. The fraction of sp³-hybridized carbons (Fsp3) is 0.368. The van der Waals surface area contributed by atoms with E-state index in [-0.39, 0.29) is 11.9 Å². The van der Waals surface area contributed by atoms with Crippen LogP contribution in [0.15, 0.2) is 42.7 Å². The number of hydrogen-bond donors (Lipinski definition) is 1. The number of nitrogens with one attached hydrogen (secondary N) is 1. The molecule has 22 heavy (non-hydrogen) atoms. The second kappa shape index (κ2) is 6.73. The van der Waals surface area contributed by atoms with Crippen molar-refractivity contribution in [1.82, 2.24) is 10.3 Å². The minimum atomic E-state index is 0.0383. The molecule has 1 N–H and O–H groups in total. The van der Waals surface area contributed by atoms with Gasteiger partial charge in [0, 0.05) is 12.4 Å². The predicted molar refractivity (Wildman–Crippen MR) is 87.6 cm³/mol. The Hall–Kier alpha value is -2.16. The van der Waals surface area contributed by atoms with Crippen molar-refractivity contribution >= 4 is 5.91 Å². The van der Waals surface area contributed by atoms with Gasteiger partial charge in [-0.05, 0) is 60.9 Å². The maximum Gasteiger partial charge on any atom is 0.224 e. The first-order chi connectivity index (χ1) is 10.7. The Kier molecular flexibility index (Phi) is 4.52. The number of aryl methyl sites for hydroxylation is 2. The van der Waals surface area contributed by atoms with Crippen molar-refractivity contribution in [1.29, 1.82) is 0 Å². The van der Waals surface area contributed by atoms with E-state index in [0.717, 1.165) is 5.56 Å². The number of fused-ring (bicyclic) bond motifs is 1. The summed E-state index contributed by atoms with van der Waals surface area (Å²) < 4.78 is 0. The summed E-state index contributed by atoms with van der Waals surface area (Å²) in [6.07, 6.45) is 8.77. The minimum absolute atomic E-state index is 0.0383. The molecule has 1 aliphatic rings. The fourth-order valence-corrected chi connectivity index (χ4v) is 3.09. The Morgan fingerprint density at radius 1 is 1.23 bits per heavy atom. The third-order valence-corrected chi connectivity index (χ3v) is 4.34. The maximum atomic E-state index is 12.1. The van der Waals surface area contributed by atoms with Gasteiger partial charge in [-0.1, -0.05) is 24.3 Å². The lowest BCUT2D eigenvalue weighted by Gasteiger charge is -2.20. The van der Waals surface area contributed by atoms with Crippen molar-refractivity contribution in [2.24, 2.45) is 0 Å². The van der Waals surface area contributed by atoms with E-state index < -0.39 is 0 Å². The smallest absolute Gasteiger partial charge is 0.224 e. The van der Waals surface area contributed by atoms with Crippen molar-refractivity contribution in [2.45, 2.75) is 45.1 Å². The molecule has 114 valence electrons. The molecule has 0 fully saturated rings. The molecule has 1 aromatic heterocycles.